The Morgan fingerprint density at radius 1 is 1.26 bits per heavy atom. The van der Waals surface area contributed by atoms with Gasteiger partial charge in [-0.15, -0.1) is 11.3 Å². The van der Waals surface area contributed by atoms with Crippen molar-refractivity contribution in [2.24, 2.45) is 0 Å². The molecule has 2 heterocycles. The lowest BCUT2D eigenvalue weighted by atomic mass is 10.1. The highest BCUT2D eigenvalue weighted by atomic mass is 79.9. The highest BCUT2D eigenvalue weighted by molar-refractivity contribution is 9.11. The van der Waals surface area contributed by atoms with Crippen LogP contribution in [0.2, 0.25) is 0 Å². The summed E-state index contributed by atoms with van der Waals surface area (Å²) < 4.78 is 6.18. The fourth-order valence-electron chi connectivity index (χ4n) is 2.13. The summed E-state index contributed by atoms with van der Waals surface area (Å²) in [7, 11) is 1.80. The van der Waals surface area contributed by atoms with Crippen LogP contribution in [0.1, 0.15) is 21.1 Å². The van der Waals surface area contributed by atoms with Crippen LogP contribution in [0.25, 0.3) is 11.5 Å². The molecule has 0 N–H and O–H groups in total. The van der Waals surface area contributed by atoms with Gasteiger partial charge < -0.3 is 9.42 Å². The first-order valence-corrected chi connectivity index (χ1v) is 8.54. The molecule has 0 saturated heterocycles. The summed E-state index contributed by atoms with van der Waals surface area (Å²) in [6.45, 7) is 2.35. The van der Waals surface area contributed by atoms with Gasteiger partial charge in [-0.2, -0.15) is 4.98 Å². The molecule has 0 fully saturated rings. The highest BCUT2D eigenvalue weighted by Gasteiger charge is 2.14. The monoisotopic (exact) mass is 391 g/mol. The lowest BCUT2D eigenvalue weighted by Gasteiger charge is -2.16. The number of benzene rings is 1. The molecule has 0 aliphatic carbocycles. The van der Waals surface area contributed by atoms with Gasteiger partial charge in [0, 0.05) is 23.1 Å². The molecule has 1 amide bonds. The van der Waals surface area contributed by atoms with E-state index in [1.165, 1.54) is 0 Å². The molecule has 3 aromatic rings. The summed E-state index contributed by atoms with van der Waals surface area (Å²) >= 11 is 5.06. The van der Waals surface area contributed by atoms with Crippen molar-refractivity contribution in [2.45, 2.75) is 13.5 Å². The second-order valence-corrected chi connectivity index (χ2v) is 7.64. The van der Waals surface area contributed by atoms with Crippen molar-refractivity contribution in [2.75, 3.05) is 7.05 Å². The number of carbonyl (C=O) groups is 1. The second kappa shape index (κ2) is 6.64. The Morgan fingerprint density at radius 3 is 2.57 bits per heavy atom. The summed E-state index contributed by atoms with van der Waals surface area (Å²) in [5.74, 6) is 1.02. The molecule has 0 saturated carbocycles. The van der Waals surface area contributed by atoms with Gasteiger partial charge in [-0.1, -0.05) is 5.16 Å². The van der Waals surface area contributed by atoms with Gasteiger partial charge in [-0.3, -0.25) is 4.79 Å². The Morgan fingerprint density at radius 2 is 2.00 bits per heavy atom. The zero-order chi connectivity index (χ0) is 16.4. The first-order chi connectivity index (χ1) is 11.0. The zero-order valence-electron chi connectivity index (χ0n) is 12.6. The molecular weight excluding hydrogens is 378 g/mol. The van der Waals surface area contributed by atoms with Crippen LogP contribution < -0.4 is 0 Å². The van der Waals surface area contributed by atoms with Crippen LogP contribution in [0.3, 0.4) is 0 Å². The molecule has 0 aliphatic rings. The Bertz CT molecular complexity index is 826. The molecule has 7 heteroatoms. The number of thiophene rings is 1. The minimum Gasteiger partial charge on any atom is -0.337 e. The molecule has 5 nitrogen and oxygen atoms in total. The average molecular weight is 392 g/mol. The average Bonchev–Trinajstić information content (AvgIpc) is 3.15. The van der Waals surface area contributed by atoms with Crippen molar-refractivity contribution in [1.29, 1.82) is 0 Å². The third-order valence-corrected chi connectivity index (χ3v) is 4.88. The normalized spacial score (nSPS) is 10.7. The van der Waals surface area contributed by atoms with E-state index < -0.39 is 0 Å². The van der Waals surface area contributed by atoms with Crippen molar-refractivity contribution in [3.8, 4) is 11.5 Å². The first-order valence-electron chi connectivity index (χ1n) is 6.93. The second-order valence-electron chi connectivity index (χ2n) is 5.09. The molecule has 0 aliphatic heterocycles. The Kier molecular flexibility index (Phi) is 4.58. The third-order valence-electron chi connectivity index (χ3n) is 3.27. The van der Waals surface area contributed by atoms with Crippen molar-refractivity contribution >= 4 is 33.2 Å². The summed E-state index contributed by atoms with van der Waals surface area (Å²) in [5, 5.41) is 3.76. The van der Waals surface area contributed by atoms with E-state index in [-0.39, 0.29) is 5.91 Å². The number of hydrogen-bond acceptors (Lipinski definition) is 5. The molecule has 0 unspecified atom stereocenters. The van der Waals surface area contributed by atoms with Gasteiger partial charge in [0.15, 0.2) is 5.82 Å². The maximum Gasteiger partial charge on any atom is 0.257 e. The van der Waals surface area contributed by atoms with E-state index in [0.29, 0.717) is 23.8 Å². The van der Waals surface area contributed by atoms with Crippen molar-refractivity contribution < 1.29 is 9.32 Å². The van der Waals surface area contributed by atoms with Gasteiger partial charge in [0.25, 0.3) is 11.8 Å². The lowest BCUT2D eigenvalue weighted by Crippen LogP contribution is -2.25. The van der Waals surface area contributed by atoms with E-state index >= 15 is 0 Å². The van der Waals surface area contributed by atoms with Crippen LogP contribution in [0.4, 0.5) is 0 Å². The number of carbonyl (C=O) groups excluding carboxylic acids is 1. The molecule has 0 spiro atoms. The standard InChI is InChI=1S/C16H14BrN3O2S/c1-10-18-15(22-19-10)11-3-5-12(6-4-11)16(21)20(2)9-13-7-8-14(17)23-13/h3-8H,9H2,1-2H3. The van der Waals surface area contributed by atoms with Gasteiger partial charge in [0.1, 0.15) is 0 Å². The van der Waals surface area contributed by atoms with Gasteiger partial charge >= 0.3 is 0 Å². The molecule has 0 bridgehead atoms. The number of aryl methyl sites for hydroxylation is 1. The van der Waals surface area contributed by atoms with Crippen LogP contribution in [0, 0.1) is 6.92 Å². The van der Waals surface area contributed by atoms with Crippen LogP contribution in [-0.4, -0.2) is 28.0 Å². The van der Waals surface area contributed by atoms with Crippen molar-refractivity contribution in [3.05, 3.63) is 56.4 Å². The number of hydrogen-bond donors (Lipinski definition) is 0. The molecule has 0 atom stereocenters. The largest absolute Gasteiger partial charge is 0.337 e. The van der Waals surface area contributed by atoms with Crippen LogP contribution in [-0.2, 0) is 6.54 Å². The number of amides is 1. The third kappa shape index (κ3) is 3.68. The van der Waals surface area contributed by atoms with E-state index in [1.54, 1.807) is 42.3 Å². The number of nitrogens with zero attached hydrogens (tertiary/aromatic N) is 3. The summed E-state index contributed by atoms with van der Waals surface area (Å²) in [5.41, 5.74) is 1.43. The topological polar surface area (TPSA) is 59.2 Å². The van der Waals surface area contributed by atoms with Gasteiger partial charge in [-0.05, 0) is 59.3 Å². The zero-order valence-corrected chi connectivity index (χ0v) is 15.0. The SMILES string of the molecule is Cc1noc(-c2ccc(C(=O)N(C)Cc3ccc(Br)s3)cc2)n1. The summed E-state index contributed by atoms with van der Waals surface area (Å²) in [6.07, 6.45) is 0. The number of aromatic nitrogens is 2. The van der Waals surface area contributed by atoms with E-state index in [1.807, 2.05) is 24.3 Å². The van der Waals surface area contributed by atoms with Gasteiger partial charge in [0.05, 0.1) is 10.3 Å². The maximum absolute atomic E-state index is 12.5. The smallest absolute Gasteiger partial charge is 0.257 e. The highest BCUT2D eigenvalue weighted by Crippen LogP contribution is 2.24. The minimum atomic E-state index is -0.0252. The molecule has 23 heavy (non-hydrogen) atoms. The summed E-state index contributed by atoms with van der Waals surface area (Å²) in [4.78, 5) is 19.5. The van der Waals surface area contributed by atoms with Crippen molar-refractivity contribution in [1.82, 2.24) is 15.0 Å². The van der Waals surface area contributed by atoms with Crippen LogP contribution in [0.5, 0.6) is 0 Å². The quantitative estimate of drug-likeness (QED) is 0.670. The maximum atomic E-state index is 12.5. The predicted molar refractivity (Wildman–Crippen MR) is 92.3 cm³/mol. The molecule has 0 radical (unpaired) electrons. The van der Waals surface area contributed by atoms with E-state index in [0.717, 1.165) is 14.2 Å². The van der Waals surface area contributed by atoms with Crippen LogP contribution in [0.15, 0.2) is 44.7 Å². The van der Waals surface area contributed by atoms with Crippen LogP contribution >= 0.6 is 27.3 Å². The van der Waals surface area contributed by atoms with Gasteiger partial charge in [0.2, 0.25) is 0 Å². The van der Waals surface area contributed by atoms with Gasteiger partial charge in [-0.25, -0.2) is 0 Å². The fourth-order valence-corrected chi connectivity index (χ4v) is 3.67. The van der Waals surface area contributed by atoms with E-state index in [4.69, 9.17) is 4.52 Å². The Hall–Kier alpha value is -1.99. The van der Waals surface area contributed by atoms with Crippen molar-refractivity contribution in [3.63, 3.8) is 0 Å². The first kappa shape index (κ1) is 15.9. The Labute approximate surface area is 146 Å². The van der Waals surface area contributed by atoms with E-state index in [9.17, 15) is 4.79 Å². The number of halogens is 1. The van der Waals surface area contributed by atoms with E-state index in [2.05, 4.69) is 26.1 Å². The lowest BCUT2D eigenvalue weighted by molar-refractivity contribution is 0.0786. The molecule has 3 rings (SSSR count). The number of rotatable bonds is 4. The molecule has 118 valence electrons. The molecule has 2 aromatic heterocycles. The molecular formula is C16H14BrN3O2S. The summed E-state index contributed by atoms with van der Waals surface area (Å²) in [6, 6.07) is 11.2. The molecule has 1 aromatic carbocycles. The minimum absolute atomic E-state index is 0.0252. The Balaban J connectivity index is 1.72. The fraction of sp³-hybridized carbons (Fsp3) is 0.188. The predicted octanol–water partition coefficient (Wildman–Crippen LogP) is 4.14.